The molecule has 0 radical (unpaired) electrons. The van der Waals surface area contributed by atoms with E-state index in [0.717, 1.165) is 10.6 Å². The molecule has 1 aromatic carbocycles. The van der Waals surface area contributed by atoms with Crippen LogP contribution in [0.4, 0.5) is 10.5 Å². The summed E-state index contributed by atoms with van der Waals surface area (Å²) in [7, 11) is 10.3. The van der Waals surface area contributed by atoms with E-state index in [4.69, 9.17) is 0 Å². The molecule has 0 aliphatic carbocycles. The molecule has 27 heavy (non-hydrogen) atoms. The number of aliphatic imine (C=N–C) groups is 1. The zero-order chi connectivity index (χ0) is 20.0. The van der Waals surface area contributed by atoms with Crippen molar-refractivity contribution in [2.24, 2.45) is 4.99 Å². The number of carbonyl (C=O) groups is 3. The average molecular weight is 371 g/mol. The van der Waals surface area contributed by atoms with Crippen LogP contribution in [0.1, 0.15) is 10.4 Å². The van der Waals surface area contributed by atoms with Crippen molar-refractivity contribution in [3.8, 4) is 0 Å². The summed E-state index contributed by atoms with van der Waals surface area (Å²) in [5.41, 5.74) is 1.40. The first-order chi connectivity index (χ1) is 12.6. The van der Waals surface area contributed by atoms with Gasteiger partial charge in [0.1, 0.15) is 0 Å². The standard InChI is InChI=1S/C18H23N6O3/c1-20(2)12-9-7-11(8-10-12)15(25)24-13-14(19-17(24)21(3)4)22(5)18(27)23(6)16(13)26/h7-10,13H,1-6H3/q+1. The molecule has 1 saturated heterocycles. The minimum atomic E-state index is -0.962. The van der Waals surface area contributed by atoms with Crippen LogP contribution in [0, 0.1) is 0 Å². The van der Waals surface area contributed by atoms with Gasteiger partial charge in [-0.1, -0.05) is 4.99 Å². The van der Waals surface area contributed by atoms with Gasteiger partial charge in [0.05, 0.1) is 19.7 Å². The minimum absolute atomic E-state index is 0.255. The Kier molecular flexibility index (Phi) is 4.46. The Bertz CT molecular complexity index is 883. The molecule has 1 fully saturated rings. The van der Waals surface area contributed by atoms with E-state index in [9.17, 15) is 14.4 Å². The Morgan fingerprint density at radius 3 is 2.19 bits per heavy atom. The number of imide groups is 1. The highest BCUT2D eigenvalue weighted by Gasteiger charge is 2.57. The lowest BCUT2D eigenvalue weighted by atomic mass is 10.1. The number of likely N-dealkylation sites (N-methyl/N-ethyl adjacent to an activating group) is 2. The molecule has 1 atom stereocenters. The highest BCUT2D eigenvalue weighted by molar-refractivity contribution is 6.29. The number of benzene rings is 1. The maximum Gasteiger partial charge on any atom is 0.399 e. The van der Waals surface area contributed by atoms with Crippen molar-refractivity contribution in [2.75, 3.05) is 47.2 Å². The number of anilines is 1. The summed E-state index contributed by atoms with van der Waals surface area (Å²) < 4.78 is 1.66. The Morgan fingerprint density at radius 2 is 1.67 bits per heavy atom. The summed E-state index contributed by atoms with van der Waals surface area (Å²) in [6.45, 7) is 0. The Balaban J connectivity index is 2.05. The number of guanidine groups is 1. The quantitative estimate of drug-likeness (QED) is 0.692. The number of urea groups is 1. The van der Waals surface area contributed by atoms with Crippen LogP contribution in [0.15, 0.2) is 29.3 Å². The van der Waals surface area contributed by atoms with E-state index < -0.39 is 18.0 Å². The van der Waals surface area contributed by atoms with E-state index in [1.165, 1.54) is 16.8 Å². The number of nitrogens with zero attached hydrogens (tertiary/aromatic N) is 6. The smallest absolute Gasteiger partial charge is 0.378 e. The molecule has 2 heterocycles. The normalized spacial score (nSPS) is 19.3. The molecular formula is C18H23N6O3+. The summed E-state index contributed by atoms with van der Waals surface area (Å²) in [4.78, 5) is 48.3. The second-order valence-corrected chi connectivity index (χ2v) is 6.92. The molecule has 2 aliphatic rings. The molecule has 9 nitrogen and oxygen atoms in total. The summed E-state index contributed by atoms with van der Waals surface area (Å²) in [6, 6.07) is 5.67. The molecular weight excluding hydrogens is 348 g/mol. The van der Waals surface area contributed by atoms with Gasteiger partial charge in [0.15, 0.2) is 0 Å². The van der Waals surface area contributed by atoms with Gasteiger partial charge in [0.25, 0.3) is 5.91 Å². The summed E-state index contributed by atoms with van der Waals surface area (Å²) in [5.74, 6) is -0.255. The van der Waals surface area contributed by atoms with Crippen LogP contribution >= 0.6 is 0 Å². The van der Waals surface area contributed by atoms with Crippen LogP contribution in [0.5, 0.6) is 0 Å². The molecule has 2 aliphatic heterocycles. The maximum absolute atomic E-state index is 13.3. The zero-order valence-corrected chi connectivity index (χ0v) is 16.3. The van der Waals surface area contributed by atoms with Gasteiger partial charge in [0, 0.05) is 33.9 Å². The topological polar surface area (TPSA) is 79.5 Å². The molecule has 0 bridgehead atoms. The minimum Gasteiger partial charge on any atom is -0.378 e. The van der Waals surface area contributed by atoms with Crippen LogP contribution in [-0.2, 0) is 4.79 Å². The van der Waals surface area contributed by atoms with Gasteiger partial charge < -0.3 is 4.90 Å². The van der Waals surface area contributed by atoms with Gasteiger partial charge in [-0.3, -0.25) is 24.0 Å². The van der Waals surface area contributed by atoms with Crippen molar-refractivity contribution >= 4 is 35.3 Å². The lowest BCUT2D eigenvalue weighted by Crippen LogP contribution is -2.63. The highest BCUT2D eigenvalue weighted by atomic mass is 16.2. The number of hydrogen-bond acceptors (Lipinski definition) is 4. The summed E-state index contributed by atoms with van der Waals surface area (Å²) in [5, 5.41) is 0. The molecule has 9 heteroatoms. The lowest BCUT2D eigenvalue weighted by Gasteiger charge is -2.32. The first-order valence-electron chi connectivity index (χ1n) is 8.44. The molecule has 1 aromatic rings. The van der Waals surface area contributed by atoms with E-state index in [-0.39, 0.29) is 11.7 Å². The summed E-state index contributed by atoms with van der Waals surface area (Å²) >= 11 is 0. The van der Waals surface area contributed by atoms with E-state index in [1.54, 1.807) is 37.9 Å². The van der Waals surface area contributed by atoms with E-state index in [2.05, 4.69) is 4.99 Å². The third-order valence-electron chi connectivity index (χ3n) is 4.66. The van der Waals surface area contributed by atoms with Gasteiger partial charge in [-0.15, -0.1) is 0 Å². The fourth-order valence-electron chi connectivity index (χ4n) is 3.09. The Morgan fingerprint density at radius 1 is 1.07 bits per heavy atom. The zero-order valence-electron chi connectivity index (χ0n) is 16.3. The molecule has 0 aromatic heterocycles. The van der Waals surface area contributed by atoms with Gasteiger partial charge in [-0.25, -0.2) is 4.79 Å². The average Bonchev–Trinajstić information content (AvgIpc) is 3.05. The second-order valence-electron chi connectivity index (χ2n) is 6.92. The van der Waals surface area contributed by atoms with E-state index in [0.29, 0.717) is 11.5 Å². The SMILES string of the molecule is CN1C(=O)C2C(=NC(=[N+](C)C)N2C(=O)c2ccc(N(C)C)cc2)N(C)C1=O. The summed E-state index contributed by atoms with van der Waals surface area (Å²) in [6.07, 6.45) is 0. The molecule has 4 amide bonds. The number of hydrogen-bond donors (Lipinski definition) is 0. The van der Waals surface area contributed by atoms with E-state index in [1.807, 2.05) is 31.1 Å². The van der Waals surface area contributed by atoms with Crippen LogP contribution in [0.3, 0.4) is 0 Å². The van der Waals surface area contributed by atoms with Crippen LogP contribution in [0.2, 0.25) is 0 Å². The Hall–Kier alpha value is -3.23. The van der Waals surface area contributed by atoms with E-state index >= 15 is 0 Å². The predicted molar refractivity (Wildman–Crippen MR) is 101 cm³/mol. The predicted octanol–water partition coefficient (Wildman–Crippen LogP) is 0.127. The number of fused-ring (bicyclic) bond motifs is 1. The van der Waals surface area contributed by atoms with Gasteiger partial charge in [-0.05, 0) is 24.3 Å². The van der Waals surface area contributed by atoms with Crippen LogP contribution in [-0.4, -0.2) is 97.2 Å². The molecule has 0 saturated carbocycles. The van der Waals surface area contributed by atoms with Crippen molar-refractivity contribution in [1.29, 1.82) is 0 Å². The van der Waals surface area contributed by atoms with Crippen molar-refractivity contribution in [3.63, 3.8) is 0 Å². The third kappa shape index (κ3) is 2.84. The fraction of sp³-hybridized carbons (Fsp3) is 0.389. The molecule has 1 unspecified atom stereocenters. The van der Waals surface area contributed by atoms with Gasteiger partial charge in [0.2, 0.25) is 11.9 Å². The second kappa shape index (κ2) is 6.49. The van der Waals surface area contributed by atoms with Crippen LogP contribution < -0.4 is 4.90 Å². The van der Waals surface area contributed by atoms with Crippen LogP contribution in [0.25, 0.3) is 0 Å². The monoisotopic (exact) mass is 371 g/mol. The fourth-order valence-corrected chi connectivity index (χ4v) is 3.09. The first kappa shape index (κ1) is 18.6. The number of rotatable bonds is 2. The van der Waals surface area contributed by atoms with Crippen molar-refractivity contribution in [2.45, 2.75) is 6.04 Å². The van der Waals surface area contributed by atoms with Gasteiger partial charge >= 0.3 is 17.9 Å². The molecule has 0 N–H and O–H groups in total. The molecule has 0 spiro atoms. The number of amidine groups is 1. The van der Waals surface area contributed by atoms with Gasteiger partial charge in [-0.2, -0.15) is 4.90 Å². The third-order valence-corrected chi connectivity index (χ3v) is 4.66. The number of carbonyl (C=O) groups excluding carboxylic acids is 3. The largest absolute Gasteiger partial charge is 0.399 e. The van der Waals surface area contributed by atoms with Crippen molar-refractivity contribution < 1.29 is 19.0 Å². The molecule has 3 rings (SSSR count). The number of amides is 4. The maximum atomic E-state index is 13.3. The lowest BCUT2D eigenvalue weighted by molar-refractivity contribution is -0.469. The Labute approximate surface area is 157 Å². The van der Waals surface area contributed by atoms with Crippen molar-refractivity contribution in [1.82, 2.24) is 14.7 Å². The van der Waals surface area contributed by atoms with Crippen molar-refractivity contribution in [3.05, 3.63) is 29.8 Å². The first-order valence-corrected chi connectivity index (χ1v) is 8.44. The molecule has 142 valence electrons. The highest BCUT2D eigenvalue weighted by Crippen LogP contribution is 2.25.